The van der Waals surface area contributed by atoms with Crippen LogP contribution in [0.5, 0.6) is 0 Å². The number of ether oxygens (including phenoxy) is 1. The number of hydrogen-bond acceptors (Lipinski definition) is 3. The second-order valence-corrected chi connectivity index (χ2v) is 23.2. The topological polar surface area (TPSA) is 50.1 Å². The van der Waals surface area contributed by atoms with Crippen LogP contribution in [0.3, 0.4) is 0 Å². The summed E-state index contributed by atoms with van der Waals surface area (Å²) < 4.78 is 6.23. The Morgan fingerprint density at radius 2 is 0.600 bits per heavy atom. The summed E-state index contributed by atoms with van der Waals surface area (Å²) in [4.78, 5) is 14.2. The van der Waals surface area contributed by atoms with Crippen molar-refractivity contribution in [2.45, 2.75) is 136 Å². The van der Waals surface area contributed by atoms with E-state index in [-0.39, 0.29) is 43.9 Å². The van der Waals surface area contributed by atoms with Gasteiger partial charge in [0.15, 0.2) is 0 Å². The third-order valence-electron chi connectivity index (χ3n) is 17.5. The first-order valence-corrected chi connectivity index (χ1v) is 24.3. The Hall–Kier alpha value is -5.72. The Balaban J connectivity index is 0.000000146. The van der Waals surface area contributed by atoms with Gasteiger partial charge >= 0.3 is 5.97 Å². The quantitative estimate of drug-likeness (QED) is 0.150. The van der Waals surface area contributed by atoms with Gasteiger partial charge in [0.2, 0.25) is 0 Å². The minimum Gasteiger partial charge on any atom is -0.460 e. The van der Waals surface area contributed by atoms with Gasteiger partial charge in [0.05, 0.1) is 16.9 Å². The molecule has 0 spiro atoms. The molecule has 8 aliphatic rings. The smallest absolute Gasteiger partial charge is 0.312 e. The lowest BCUT2D eigenvalue weighted by atomic mass is 9.33. The molecule has 8 saturated carbocycles. The maximum absolute atomic E-state index is 14.2. The summed E-state index contributed by atoms with van der Waals surface area (Å²) in [6, 6.07) is 69.3. The lowest BCUT2D eigenvalue weighted by Crippen LogP contribution is -2.67. The largest absolute Gasteiger partial charge is 0.460 e. The summed E-state index contributed by atoms with van der Waals surface area (Å²) in [6.45, 7) is 5.99. The van der Waals surface area contributed by atoms with Crippen LogP contribution in [0, 0.1) is 22.2 Å². The van der Waals surface area contributed by atoms with E-state index in [4.69, 9.17) is 4.74 Å². The van der Waals surface area contributed by atoms with Gasteiger partial charge in [-0.15, -0.1) is 0 Å². The molecule has 8 aliphatic carbocycles. The second kappa shape index (κ2) is 14.9. The highest BCUT2D eigenvalue weighted by molar-refractivity contribution is 5.80. The van der Waals surface area contributed by atoms with Gasteiger partial charge in [0.25, 0.3) is 0 Å². The standard InChI is InChI=1S/C33H36O2.C29H27N/c1-29(2,3)35-28(34)33-22-30(25-13-7-4-8-14-25)19-31(23-33,26-15-9-5-10-16-26)21-32(20-30,24-33)27-17-11-6-12-18-27;30-22-26-16-27(23-10-4-1-5-11-23)19-28(17-26,24-12-6-2-7-13-24)21-29(18-26,20-27)25-14-8-3-9-15-25/h4-18H,19-24H2,1-3H3;1-15H,16-21H2. The number of rotatable bonds is 7. The molecule has 65 heavy (non-hydrogen) atoms. The van der Waals surface area contributed by atoms with Crippen molar-refractivity contribution >= 4 is 5.97 Å². The maximum Gasteiger partial charge on any atom is 0.312 e. The highest BCUT2D eigenvalue weighted by Gasteiger charge is 2.72. The highest BCUT2D eigenvalue weighted by atomic mass is 16.6. The van der Waals surface area contributed by atoms with E-state index >= 15 is 0 Å². The molecular weight excluding hydrogens is 791 g/mol. The summed E-state index contributed by atoms with van der Waals surface area (Å²) in [5.41, 5.74) is 7.23. The van der Waals surface area contributed by atoms with Gasteiger partial charge in [-0.2, -0.15) is 5.26 Å². The summed E-state index contributed by atoms with van der Waals surface area (Å²) in [7, 11) is 0. The van der Waals surface area contributed by atoms with Crippen LogP contribution in [0.2, 0.25) is 0 Å². The highest BCUT2D eigenvalue weighted by Crippen LogP contribution is 2.76. The maximum atomic E-state index is 14.2. The monoisotopic (exact) mass is 853 g/mol. The van der Waals surface area contributed by atoms with Crippen LogP contribution in [-0.2, 0) is 42.0 Å². The molecule has 14 rings (SSSR count). The fourth-order valence-electron chi connectivity index (χ4n) is 16.6. The minimum absolute atomic E-state index is 0.00465. The molecule has 6 aromatic carbocycles. The molecule has 0 unspecified atom stereocenters. The number of hydrogen-bond donors (Lipinski definition) is 0. The molecule has 328 valence electrons. The molecule has 0 N–H and O–H groups in total. The first-order chi connectivity index (χ1) is 31.3. The molecule has 0 aliphatic heterocycles. The van der Waals surface area contributed by atoms with Crippen LogP contribution < -0.4 is 0 Å². The lowest BCUT2D eigenvalue weighted by molar-refractivity contribution is -0.191. The molecule has 0 saturated heterocycles. The Bertz CT molecular complexity index is 2430. The van der Waals surface area contributed by atoms with E-state index in [1.807, 2.05) is 20.8 Å². The van der Waals surface area contributed by atoms with Gasteiger partial charge in [0, 0.05) is 0 Å². The molecule has 0 atom stereocenters. The molecule has 8 fully saturated rings. The molecule has 6 aromatic rings. The zero-order chi connectivity index (χ0) is 44.7. The van der Waals surface area contributed by atoms with Crippen molar-refractivity contribution in [3.8, 4) is 6.07 Å². The van der Waals surface area contributed by atoms with Crippen LogP contribution in [-0.4, -0.2) is 11.6 Å². The molecule has 3 nitrogen and oxygen atoms in total. The number of benzene rings is 6. The van der Waals surface area contributed by atoms with E-state index < -0.39 is 11.0 Å². The number of carbonyl (C=O) groups is 1. The summed E-state index contributed by atoms with van der Waals surface area (Å²) in [6.07, 6.45) is 12.4. The molecule has 0 amide bonds. The fraction of sp³-hybridized carbons (Fsp3) is 0.387. The Kier molecular flexibility index (Phi) is 9.62. The number of nitriles is 1. The van der Waals surface area contributed by atoms with Crippen molar-refractivity contribution in [1.29, 1.82) is 5.26 Å². The third-order valence-corrected chi connectivity index (χ3v) is 17.5. The minimum atomic E-state index is -0.500. The Labute approximate surface area is 387 Å². The second-order valence-electron chi connectivity index (χ2n) is 23.2. The summed E-state index contributed by atoms with van der Waals surface area (Å²) >= 11 is 0. The van der Waals surface area contributed by atoms with Gasteiger partial charge < -0.3 is 4.74 Å². The first-order valence-electron chi connectivity index (χ1n) is 24.3. The average molecular weight is 854 g/mol. The number of nitrogens with zero attached hydrogens (tertiary/aromatic N) is 1. The lowest BCUT2D eigenvalue weighted by Gasteiger charge is -2.70. The van der Waals surface area contributed by atoms with Crippen molar-refractivity contribution in [2.75, 3.05) is 0 Å². The van der Waals surface area contributed by atoms with Crippen LogP contribution in [0.1, 0.15) is 131 Å². The van der Waals surface area contributed by atoms with Crippen LogP contribution in [0.4, 0.5) is 0 Å². The van der Waals surface area contributed by atoms with Crippen LogP contribution >= 0.6 is 0 Å². The van der Waals surface area contributed by atoms with E-state index in [0.29, 0.717) is 0 Å². The first kappa shape index (κ1) is 41.9. The SMILES string of the molecule is CC(C)(C)OC(=O)C12CC3(c4ccccc4)CC(c4ccccc4)(C1)CC(c1ccccc1)(C2)C3.N#CC12CC3(c4ccccc4)CC(c4ccccc4)(C1)CC(c1ccccc1)(C2)C3. The van der Waals surface area contributed by atoms with E-state index in [9.17, 15) is 10.1 Å². The molecule has 3 heteroatoms. The molecular formula is C62H63NO2. The number of esters is 1. The number of carbonyl (C=O) groups excluding carboxylic acids is 1. The van der Waals surface area contributed by atoms with Crippen molar-refractivity contribution in [3.63, 3.8) is 0 Å². The zero-order valence-electron chi connectivity index (χ0n) is 38.6. The third kappa shape index (κ3) is 6.84. The fourth-order valence-corrected chi connectivity index (χ4v) is 16.6. The molecule has 0 heterocycles. The summed E-state index contributed by atoms with van der Waals surface area (Å²) in [5.74, 6) is 0.00465. The predicted octanol–water partition coefficient (Wildman–Crippen LogP) is 14.2. The van der Waals surface area contributed by atoms with Gasteiger partial charge in [-0.1, -0.05) is 182 Å². The molecule has 0 radical (unpaired) electrons. The van der Waals surface area contributed by atoms with Crippen LogP contribution in [0.15, 0.2) is 182 Å². The van der Waals surface area contributed by atoms with Crippen molar-refractivity contribution in [2.24, 2.45) is 10.8 Å². The Morgan fingerprint density at radius 3 is 0.800 bits per heavy atom. The van der Waals surface area contributed by atoms with Crippen molar-refractivity contribution in [1.82, 2.24) is 0 Å². The van der Waals surface area contributed by atoms with Gasteiger partial charge in [-0.05, 0) is 164 Å². The zero-order valence-corrected chi connectivity index (χ0v) is 38.6. The average Bonchev–Trinajstić information content (AvgIpc) is 3.32. The van der Waals surface area contributed by atoms with E-state index in [0.717, 1.165) is 77.0 Å². The Morgan fingerprint density at radius 1 is 0.385 bits per heavy atom. The van der Waals surface area contributed by atoms with Crippen molar-refractivity contribution in [3.05, 3.63) is 215 Å². The molecule has 8 bridgehead atoms. The van der Waals surface area contributed by atoms with Gasteiger partial charge in [0.1, 0.15) is 5.60 Å². The van der Waals surface area contributed by atoms with Crippen molar-refractivity contribution < 1.29 is 9.53 Å². The van der Waals surface area contributed by atoms with Crippen LogP contribution in [0.25, 0.3) is 0 Å². The van der Waals surface area contributed by atoms with Gasteiger partial charge in [-0.3, -0.25) is 4.79 Å². The van der Waals surface area contributed by atoms with Gasteiger partial charge in [-0.25, -0.2) is 0 Å². The molecule has 0 aromatic heterocycles. The predicted molar refractivity (Wildman–Crippen MR) is 260 cm³/mol. The normalized spacial score (nSPS) is 34.8. The summed E-state index contributed by atoms with van der Waals surface area (Å²) in [5, 5.41) is 10.6. The van der Waals surface area contributed by atoms with E-state index in [1.165, 1.54) is 33.4 Å². The van der Waals surface area contributed by atoms with E-state index in [1.54, 1.807) is 0 Å². The van der Waals surface area contributed by atoms with E-state index in [2.05, 4.69) is 188 Å².